The fourth-order valence-electron chi connectivity index (χ4n) is 0.844. The summed E-state index contributed by atoms with van der Waals surface area (Å²) in [5, 5.41) is 0.0970. The maximum absolute atomic E-state index is 11.6. The van der Waals surface area contributed by atoms with Gasteiger partial charge in [-0.15, -0.1) is 0 Å². The van der Waals surface area contributed by atoms with Gasteiger partial charge in [0.05, 0.1) is 18.1 Å². The van der Waals surface area contributed by atoms with E-state index in [2.05, 4.69) is 4.98 Å². The monoisotopic (exact) mass is 266 g/mol. The fourth-order valence-corrected chi connectivity index (χ4v) is 1.92. The van der Waals surface area contributed by atoms with Gasteiger partial charge < -0.3 is 4.74 Å². The number of hydrogen-bond acceptors (Lipinski definition) is 5. The third-order valence-corrected chi connectivity index (χ3v) is 2.98. The lowest BCUT2D eigenvalue weighted by molar-refractivity contribution is 0.0438. The first kappa shape index (κ1) is 13.3. The van der Waals surface area contributed by atoms with Crippen molar-refractivity contribution in [3.8, 4) is 0 Å². The Balaban J connectivity index is 2.64. The molecule has 8 heteroatoms. The molecule has 0 spiro atoms. The minimum absolute atomic E-state index is 0.00934. The van der Waals surface area contributed by atoms with Crippen LogP contribution in [0.15, 0.2) is 23.2 Å². The molecular formula is C8H11ClN2O4S. The van der Waals surface area contributed by atoms with Gasteiger partial charge in [-0.3, -0.25) is 4.84 Å². The van der Waals surface area contributed by atoms with Crippen molar-refractivity contribution < 1.29 is 18.0 Å². The first-order valence-electron chi connectivity index (χ1n) is 4.30. The van der Waals surface area contributed by atoms with Crippen molar-refractivity contribution in [2.75, 3.05) is 20.3 Å². The van der Waals surface area contributed by atoms with Crippen molar-refractivity contribution >= 4 is 21.6 Å². The van der Waals surface area contributed by atoms with Gasteiger partial charge in [-0.1, -0.05) is 16.5 Å². The summed E-state index contributed by atoms with van der Waals surface area (Å²) in [6.07, 6.45) is 1.30. The van der Waals surface area contributed by atoms with Crippen LogP contribution in [0, 0.1) is 0 Å². The lowest BCUT2D eigenvalue weighted by Crippen LogP contribution is -2.25. The second-order valence-electron chi connectivity index (χ2n) is 2.74. The van der Waals surface area contributed by atoms with Gasteiger partial charge in [0.2, 0.25) is 0 Å². The Hall–Kier alpha value is -0.730. The van der Waals surface area contributed by atoms with Crippen LogP contribution in [-0.2, 0) is 19.6 Å². The zero-order valence-corrected chi connectivity index (χ0v) is 10.1. The molecule has 90 valence electrons. The Morgan fingerprint density at radius 2 is 2.25 bits per heavy atom. The molecule has 0 atom stereocenters. The minimum Gasteiger partial charge on any atom is -0.382 e. The predicted molar refractivity (Wildman–Crippen MR) is 57.4 cm³/mol. The second-order valence-corrected chi connectivity index (χ2v) is 4.77. The number of ether oxygens (including phenoxy) is 1. The van der Waals surface area contributed by atoms with Crippen LogP contribution >= 0.6 is 11.6 Å². The minimum atomic E-state index is -3.72. The van der Waals surface area contributed by atoms with E-state index in [-0.39, 0.29) is 16.7 Å². The Morgan fingerprint density at radius 3 is 2.88 bits per heavy atom. The Labute approximate surface area is 98.5 Å². The third kappa shape index (κ3) is 4.03. The van der Waals surface area contributed by atoms with Crippen LogP contribution in [-0.4, -0.2) is 33.7 Å². The largest absolute Gasteiger partial charge is 0.382 e. The van der Waals surface area contributed by atoms with Gasteiger partial charge in [0.25, 0.3) is 10.0 Å². The van der Waals surface area contributed by atoms with E-state index in [0.29, 0.717) is 6.61 Å². The molecule has 0 unspecified atom stereocenters. The summed E-state index contributed by atoms with van der Waals surface area (Å²) in [7, 11) is -2.23. The molecule has 1 aromatic rings. The van der Waals surface area contributed by atoms with E-state index in [9.17, 15) is 8.42 Å². The standard InChI is InChI=1S/C8H11ClN2O4S/c1-14-4-5-15-11-16(12,13)7-2-3-10-8(9)6-7/h2-3,6,11H,4-5H2,1H3. The van der Waals surface area contributed by atoms with Gasteiger partial charge in [-0.05, 0) is 12.1 Å². The summed E-state index contributed by atoms with van der Waals surface area (Å²) in [6, 6.07) is 2.54. The summed E-state index contributed by atoms with van der Waals surface area (Å²) in [6.45, 7) is 0.411. The molecule has 16 heavy (non-hydrogen) atoms. The maximum Gasteiger partial charge on any atom is 0.262 e. The van der Waals surface area contributed by atoms with E-state index in [4.69, 9.17) is 21.2 Å². The summed E-state index contributed by atoms with van der Waals surface area (Å²) < 4.78 is 27.9. The number of hydrogen-bond donors (Lipinski definition) is 1. The van der Waals surface area contributed by atoms with Crippen molar-refractivity contribution in [3.05, 3.63) is 23.5 Å². The van der Waals surface area contributed by atoms with Crippen molar-refractivity contribution in [3.63, 3.8) is 0 Å². The van der Waals surface area contributed by atoms with Crippen LogP contribution in [0.5, 0.6) is 0 Å². The van der Waals surface area contributed by atoms with Crippen LogP contribution < -0.4 is 4.89 Å². The SMILES string of the molecule is COCCONS(=O)(=O)c1ccnc(Cl)c1. The van der Waals surface area contributed by atoms with Gasteiger partial charge >= 0.3 is 0 Å². The molecule has 0 aliphatic carbocycles. The van der Waals surface area contributed by atoms with Crippen molar-refractivity contribution in [2.24, 2.45) is 0 Å². The summed E-state index contributed by atoms with van der Waals surface area (Å²) in [4.78, 5) is 10.3. The van der Waals surface area contributed by atoms with E-state index in [1.54, 1.807) is 0 Å². The van der Waals surface area contributed by atoms with E-state index >= 15 is 0 Å². The summed E-state index contributed by atoms with van der Waals surface area (Å²) in [5.41, 5.74) is 0. The maximum atomic E-state index is 11.6. The van der Waals surface area contributed by atoms with Crippen LogP contribution in [0.4, 0.5) is 0 Å². The highest BCUT2D eigenvalue weighted by molar-refractivity contribution is 7.89. The number of nitrogens with one attached hydrogen (secondary N) is 1. The Morgan fingerprint density at radius 1 is 1.50 bits per heavy atom. The number of sulfonamides is 1. The zero-order chi connectivity index (χ0) is 12.0. The Bertz CT molecular complexity index is 437. The average Bonchev–Trinajstić information content (AvgIpc) is 2.24. The molecule has 0 saturated carbocycles. The van der Waals surface area contributed by atoms with Gasteiger partial charge in [0, 0.05) is 13.3 Å². The smallest absolute Gasteiger partial charge is 0.262 e. The van der Waals surface area contributed by atoms with Gasteiger partial charge in [0.1, 0.15) is 5.15 Å². The molecule has 0 radical (unpaired) electrons. The third-order valence-electron chi connectivity index (χ3n) is 1.57. The highest BCUT2D eigenvalue weighted by Gasteiger charge is 2.14. The first-order valence-corrected chi connectivity index (χ1v) is 6.16. The van der Waals surface area contributed by atoms with Crippen LogP contribution in [0.25, 0.3) is 0 Å². The quantitative estimate of drug-likeness (QED) is 0.463. The van der Waals surface area contributed by atoms with Crippen molar-refractivity contribution in [1.29, 1.82) is 0 Å². The van der Waals surface area contributed by atoms with Crippen LogP contribution in [0.1, 0.15) is 0 Å². The molecule has 1 rings (SSSR count). The second kappa shape index (κ2) is 6.12. The highest BCUT2D eigenvalue weighted by atomic mass is 35.5. The van der Waals surface area contributed by atoms with E-state index < -0.39 is 10.0 Å². The molecule has 6 nitrogen and oxygen atoms in total. The number of aromatic nitrogens is 1. The van der Waals surface area contributed by atoms with Crippen LogP contribution in [0.3, 0.4) is 0 Å². The summed E-state index contributed by atoms with van der Waals surface area (Å²) in [5.74, 6) is 0. The molecular weight excluding hydrogens is 256 g/mol. The van der Waals surface area contributed by atoms with E-state index in [1.807, 2.05) is 4.89 Å². The van der Waals surface area contributed by atoms with Crippen molar-refractivity contribution in [1.82, 2.24) is 9.87 Å². The number of pyridine rings is 1. The first-order chi connectivity index (χ1) is 7.56. The number of rotatable bonds is 6. The molecule has 0 saturated heterocycles. The number of nitrogens with zero attached hydrogens (tertiary/aromatic N) is 1. The summed E-state index contributed by atoms with van der Waals surface area (Å²) >= 11 is 5.57. The van der Waals surface area contributed by atoms with E-state index in [0.717, 1.165) is 0 Å². The molecule has 0 aromatic carbocycles. The molecule has 0 bridgehead atoms. The zero-order valence-electron chi connectivity index (χ0n) is 8.51. The highest BCUT2D eigenvalue weighted by Crippen LogP contribution is 2.12. The molecule has 1 aromatic heterocycles. The van der Waals surface area contributed by atoms with Gasteiger partial charge in [-0.2, -0.15) is 0 Å². The molecule has 0 aliphatic heterocycles. The van der Waals surface area contributed by atoms with Gasteiger partial charge in [0.15, 0.2) is 0 Å². The van der Waals surface area contributed by atoms with Crippen molar-refractivity contribution in [2.45, 2.75) is 4.90 Å². The fraction of sp³-hybridized carbons (Fsp3) is 0.375. The molecule has 0 aliphatic rings. The average molecular weight is 267 g/mol. The van der Waals surface area contributed by atoms with E-state index in [1.165, 1.54) is 25.4 Å². The lowest BCUT2D eigenvalue weighted by atomic mass is 10.5. The lowest BCUT2D eigenvalue weighted by Gasteiger charge is -2.06. The Kier molecular flexibility index (Phi) is 5.10. The van der Waals surface area contributed by atoms with Gasteiger partial charge in [-0.25, -0.2) is 13.4 Å². The predicted octanol–water partition coefficient (Wildman–Crippen LogP) is 0.591. The van der Waals surface area contributed by atoms with Crippen LogP contribution in [0.2, 0.25) is 5.15 Å². The number of halogens is 1. The molecule has 0 fully saturated rings. The normalized spacial score (nSPS) is 11.6. The topological polar surface area (TPSA) is 77.5 Å². The molecule has 0 amide bonds. The molecule has 1 heterocycles. The number of methoxy groups -OCH3 is 1. The molecule has 1 N–H and O–H groups in total.